The number of carbonyl (C=O) groups is 2. The molecule has 3 N–H and O–H groups in total. The number of fused-ring (bicyclic) bond motifs is 1. The Labute approximate surface area is 189 Å². The summed E-state index contributed by atoms with van der Waals surface area (Å²) in [6, 6.07) is 20.9. The van der Waals surface area contributed by atoms with Crippen LogP contribution in [0.4, 0.5) is 5.69 Å². The first kappa shape index (κ1) is 23.1. The largest absolute Gasteiger partial charge is 0.326 e. The van der Waals surface area contributed by atoms with Crippen LogP contribution in [0.3, 0.4) is 0 Å². The van der Waals surface area contributed by atoms with E-state index in [9.17, 15) is 9.59 Å². The predicted octanol–water partition coefficient (Wildman–Crippen LogP) is 6.04. The van der Waals surface area contributed by atoms with Crippen molar-refractivity contribution in [2.75, 3.05) is 5.32 Å². The second-order valence-electron chi connectivity index (χ2n) is 7.87. The molecule has 0 aliphatic rings. The molecule has 0 aromatic heterocycles. The lowest BCUT2D eigenvalue weighted by Gasteiger charge is -2.13. The van der Waals surface area contributed by atoms with Gasteiger partial charge in [-0.3, -0.25) is 20.4 Å². The minimum Gasteiger partial charge on any atom is -0.326 e. The van der Waals surface area contributed by atoms with Gasteiger partial charge in [-0.05, 0) is 41.5 Å². The third-order valence-corrected chi connectivity index (χ3v) is 5.38. The van der Waals surface area contributed by atoms with E-state index in [0.717, 1.165) is 29.2 Å². The van der Waals surface area contributed by atoms with Crippen LogP contribution in [-0.4, -0.2) is 11.8 Å². The lowest BCUT2D eigenvalue weighted by atomic mass is 10.0. The van der Waals surface area contributed by atoms with E-state index in [-0.39, 0.29) is 11.8 Å². The molecule has 2 amide bonds. The molecule has 3 aromatic rings. The average Bonchev–Trinajstić information content (AvgIpc) is 2.82. The number of rotatable bonds is 11. The standard InChI is InChI=1S/C27H31N3O2/c1-3-4-5-6-7-15-26(31)28-23-18-16-22(17-19-23)27(32)30-29-20(2)24-14-10-12-21-11-8-9-13-25(21)24/h8-14,16-19,29H,2-7,15H2,1H3,(H,28,31)(H,30,32). The van der Waals surface area contributed by atoms with E-state index in [1.54, 1.807) is 24.3 Å². The van der Waals surface area contributed by atoms with Crippen LogP contribution in [0, 0.1) is 0 Å². The first-order chi connectivity index (χ1) is 15.6. The van der Waals surface area contributed by atoms with E-state index in [0.29, 0.717) is 23.4 Å². The molecule has 0 heterocycles. The Morgan fingerprint density at radius 3 is 2.31 bits per heavy atom. The summed E-state index contributed by atoms with van der Waals surface area (Å²) in [4.78, 5) is 24.6. The highest BCUT2D eigenvalue weighted by Gasteiger charge is 2.09. The van der Waals surface area contributed by atoms with Gasteiger partial charge in [0.25, 0.3) is 5.91 Å². The van der Waals surface area contributed by atoms with Crippen LogP contribution in [0.5, 0.6) is 0 Å². The van der Waals surface area contributed by atoms with Crippen LogP contribution in [0.15, 0.2) is 73.3 Å². The van der Waals surface area contributed by atoms with Crippen LogP contribution < -0.4 is 16.2 Å². The van der Waals surface area contributed by atoms with Gasteiger partial charge in [0.05, 0.1) is 5.70 Å². The number of hydrazine groups is 1. The van der Waals surface area contributed by atoms with Gasteiger partial charge in [0.2, 0.25) is 5.91 Å². The first-order valence-electron chi connectivity index (χ1n) is 11.2. The van der Waals surface area contributed by atoms with Crippen molar-refractivity contribution in [3.63, 3.8) is 0 Å². The molecule has 166 valence electrons. The third-order valence-electron chi connectivity index (χ3n) is 5.38. The lowest BCUT2D eigenvalue weighted by molar-refractivity contribution is -0.116. The van der Waals surface area contributed by atoms with Crippen LogP contribution >= 0.6 is 0 Å². The van der Waals surface area contributed by atoms with E-state index in [1.165, 1.54) is 19.3 Å². The zero-order valence-electron chi connectivity index (χ0n) is 18.6. The molecular weight excluding hydrogens is 398 g/mol. The Morgan fingerprint density at radius 1 is 0.812 bits per heavy atom. The normalized spacial score (nSPS) is 10.5. The molecule has 0 bridgehead atoms. The van der Waals surface area contributed by atoms with Crippen LogP contribution in [0.25, 0.3) is 16.5 Å². The smallest absolute Gasteiger partial charge is 0.269 e. The van der Waals surface area contributed by atoms with E-state index in [2.05, 4.69) is 29.7 Å². The van der Waals surface area contributed by atoms with Crippen molar-refractivity contribution in [1.29, 1.82) is 0 Å². The van der Waals surface area contributed by atoms with Crippen molar-refractivity contribution in [2.45, 2.75) is 45.4 Å². The molecule has 0 atom stereocenters. The number of anilines is 1. The zero-order valence-corrected chi connectivity index (χ0v) is 18.6. The number of hydrogen-bond donors (Lipinski definition) is 3. The van der Waals surface area contributed by atoms with Crippen molar-refractivity contribution >= 4 is 34.0 Å². The Morgan fingerprint density at radius 2 is 1.53 bits per heavy atom. The Hall–Kier alpha value is -3.60. The van der Waals surface area contributed by atoms with Gasteiger partial charge in [-0.15, -0.1) is 0 Å². The second-order valence-corrected chi connectivity index (χ2v) is 7.87. The predicted molar refractivity (Wildman–Crippen MR) is 132 cm³/mol. The maximum atomic E-state index is 12.5. The molecule has 0 radical (unpaired) electrons. The molecule has 32 heavy (non-hydrogen) atoms. The molecule has 0 unspecified atom stereocenters. The van der Waals surface area contributed by atoms with Crippen molar-refractivity contribution in [1.82, 2.24) is 10.9 Å². The quantitative estimate of drug-likeness (QED) is 0.257. The summed E-state index contributed by atoms with van der Waals surface area (Å²) < 4.78 is 0. The fraction of sp³-hybridized carbons (Fsp3) is 0.259. The van der Waals surface area contributed by atoms with Gasteiger partial charge in [-0.1, -0.05) is 81.7 Å². The van der Waals surface area contributed by atoms with Gasteiger partial charge in [-0.25, -0.2) is 0 Å². The van der Waals surface area contributed by atoms with Crippen molar-refractivity contribution in [2.24, 2.45) is 0 Å². The zero-order chi connectivity index (χ0) is 22.8. The summed E-state index contributed by atoms with van der Waals surface area (Å²) in [7, 11) is 0. The van der Waals surface area contributed by atoms with Crippen LogP contribution in [-0.2, 0) is 4.79 Å². The van der Waals surface area contributed by atoms with Gasteiger partial charge in [0.1, 0.15) is 0 Å². The summed E-state index contributed by atoms with van der Waals surface area (Å²) in [5.74, 6) is -0.271. The maximum absolute atomic E-state index is 12.5. The molecule has 0 saturated heterocycles. The molecule has 3 rings (SSSR count). The number of nitrogens with one attached hydrogen (secondary N) is 3. The average molecular weight is 430 g/mol. The Kier molecular flexibility index (Phi) is 8.44. The molecule has 0 saturated carbocycles. The van der Waals surface area contributed by atoms with Crippen molar-refractivity contribution in [3.05, 3.63) is 84.4 Å². The van der Waals surface area contributed by atoms with E-state index < -0.39 is 0 Å². The summed E-state index contributed by atoms with van der Waals surface area (Å²) in [5.41, 5.74) is 8.31. The fourth-order valence-electron chi connectivity index (χ4n) is 3.58. The minimum absolute atomic E-state index is 0.00625. The third kappa shape index (κ3) is 6.45. The topological polar surface area (TPSA) is 70.2 Å². The monoisotopic (exact) mass is 429 g/mol. The Balaban J connectivity index is 1.49. The second kappa shape index (κ2) is 11.7. The highest BCUT2D eigenvalue weighted by Crippen LogP contribution is 2.22. The van der Waals surface area contributed by atoms with Gasteiger partial charge in [0.15, 0.2) is 0 Å². The molecule has 0 aliphatic carbocycles. The van der Waals surface area contributed by atoms with Crippen molar-refractivity contribution in [3.8, 4) is 0 Å². The summed E-state index contributed by atoms with van der Waals surface area (Å²) in [5, 5.41) is 5.06. The van der Waals surface area contributed by atoms with Crippen LogP contribution in [0.2, 0.25) is 0 Å². The Bertz CT molecular complexity index is 1070. The first-order valence-corrected chi connectivity index (χ1v) is 11.2. The highest BCUT2D eigenvalue weighted by atomic mass is 16.2. The number of unbranched alkanes of at least 4 members (excludes halogenated alkanes) is 4. The minimum atomic E-state index is -0.278. The molecule has 3 aromatic carbocycles. The van der Waals surface area contributed by atoms with Gasteiger partial charge >= 0.3 is 0 Å². The highest BCUT2D eigenvalue weighted by molar-refractivity contribution is 5.97. The van der Waals surface area contributed by atoms with Gasteiger partial charge < -0.3 is 5.32 Å². The number of hydrogen-bond acceptors (Lipinski definition) is 3. The molecule has 0 spiro atoms. The summed E-state index contributed by atoms with van der Waals surface area (Å²) >= 11 is 0. The number of amides is 2. The molecule has 5 nitrogen and oxygen atoms in total. The maximum Gasteiger partial charge on any atom is 0.269 e. The summed E-state index contributed by atoms with van der Waals surface area (Å²) in [6.45, 7) is 6.23. The molecule has 0 aliphatic heterocycles. The molecule has 5 heteroatoms. The van der Waals surface area contributed by atoms with E-state index >= 15 is 0 Å². The number of carbonyl (C=O) groups excluding carboxylic acids is 2. The van der Waals surface area contributed by atoms with Crippen LogP contribution in [0.1, 0.15) is 61.4 Å². The van der Waals surface area contributed by atoms with E-state index in [1.807, 2.05) is 42.5 Å². The van der Waals surface area contributed by atoms with Crippen molar-refractivity contribution < 1.29 is 9.59 Å². The van der Waals surface area contributed by atoms with E-state index in [4.69, 9.17) is 0 Å². The summed E-state index contributed by atoms with van der Waals surface area (Å²) in [6.07, 6.45) is 6.09. The van der Waals surface area contributed by atoms with Gasteiger partial charge in [0, 0.05) is 23.2 Å². The number of benzene rings is 3. The lowest BCUT2D eigenvalue weighted by Crippen LogP contribution is -2.35. The molecular formula is C27H31N3O2. The SMILES string of the molecule is C=C(NNC(=O)c1ccc(NC(=O)CCCCCCC)cc1)c1cccc2ccccc12. The van der Waals surface area contributed by atoms with Gasteiger partial charge in [-0.2, -0.15) is 0 Å². The fourth-order valence-corrected chi connectivity index (χ4v) is 3.58. The molecule has 0 fully saturated rings.